The standard InChI is InChI=1S/C10H15N3O3S/c1-7-3-4-8(17(11,15)16)5-9(7)13-10(14)6-12-2/h3-5,12H,6H2,1-2H3,(H,13,14)(H2,11,15,16). The molecule has 1 rings (SSSR count). The molecule has 6 nitrogen and oxygen atoms in total. The van der Waals surface area contributed by atoms with Crippen molar-refractivity contribution < 1.29 is 13.2 Å². The minimum atomic E-state index is -3.76. The Bertz CT molecular complexity index is 526. The highest BCUT2D eigenvalue weighted by atomic mass is 32.2. The largest absolute Gasteiger partial charge is 0.325 e. The molecule has 1 aromatic rings. The van der Waals surface area contributed by atoms with Crippen LogP contribution in [0.1, 0.15) is 5.56 Å². The summed E-state index contributed by atoms with van der Waals surface area (Å²) in [5.41, 5.74) is 1.21. The molecule has 0 fully saturated rings. The van der Waals surface area contributed by atoms with Gasteiger partial charge in [0.1, 0.15) is 0 Å². The van der Waals surface area contributed by atoms with Gasteiger partial charge in [0, 0.05) is 5.69 Å². The van der Waals surface area contributed by atoms with Crippen LogP contribution in [0.25, 0.3) is 0 Å². The number of nitrogens with one attached hydrogen (secondary N) is 2. The topological polar surface area (TPSA) is 101 Å². The molecular weight excluding hydrogens is 242 g/mol. The van der Waals surface area contributed by atoms with Crippen LogP contribution in [-0.4, -0.2) is 27.9 Å². The van der Waals surface area contributed by atoms with E-state index in [0.717, 1.165) is 5.56 Å². The lowest BCUT2D eigenvalue weighted by Crippen LogP contribution is -2.25. The Morgan fingerprint density at radius 1 is 1.41 bits per heavy atom. The zero-order chi connectivity index (χ0) is 13.1. The fourth-order valence-corrected chi connectivity index (χ4v) is 1.81. The van der Waals surface area contributed by atoms with E-state index in [1.165, 1.54) is 12.1 Å². The van der Waals surface area contributed by atoms with Crippen molar-refractivity contribution in [3.05, 3.63) is 23.8 Å². The molecule has 4 N–H and O–H groups in total. The number of likely N-dealkylation sites (N-methyl/N-ethyl adjacent to an activating group) is 1. The molecule has 0 aliphatic carbocycles. The van der Waals surface area contributed by atoms with Crippen molar-refractivity contribution in [2.75, 3.05) is 18.9 Å². The second-order valence-corrected chi connectivity index (χ2v) is 5.16. The van der Waals surface area contributed by atoms with Crippen molar-refractivity contribution in [2.24, 2.45) is 5.14 Å². The summed E-state index contributed by atoms with van der Waals surface area (Å²) in [6, 6.07) is 4.34. The fourth-order valence-electron chi connectivity index (χ4n) is 1.27. The smallest absolute Gasteiger partial charge is 0.238 e. The molecule has 0 atom stereocenters. The van der Waals surface area contributed by atoms with Gasteiger partial charge in [-0.3, -0.25) is 4.79 Å². The van der Waals surface area contributed by atoms with Crippen molar-refractivity contribution in [2.45, 2.75) is 11.8 Å². The number of amides is 1. The minimum absolute atomic E-state index is 0.0251. The van der Waals surface area contributed by atoms with Gasteiger partial charge in [-0.1, -0.05) is 6.07 Å². The SMILES string of the molecule is CNCC(=O)Nc1cc(S(N)(=O)=O)ccc1C. The lowest BCUT2D eigenvalue weighted by atomic mass is 10.2. The van der Waals surface area contributed by atoms with Gasteiger partial charge in [0.15, 0.2) is 0 Å². The highest BCUT2D eigenvalue weighted by Crippen LogP contribution is 2.19. The van der Waals surface area contributed by atoms with Crippen molar-refractivity contribution in [1.82, 2.24) is 5.32 Å². The lowest BCUT2D eigenvalue weighted by Gasteiger charge is -2.09. The second-order valence-electron chi connectivity index (χ2n) is 3.60. The van der Waals surface area contributed by atoms with Gasteiger partial charge in [0.2, 0.25) is 15.9 Å². The predicted octanol–water partition coefficient (Wildman–Crippen LogP) is -0.200. The van der Waals surface area contributed by atoms with Crippen LogP contribution in [0.2, 0.25) is 0 Å². The number of carbonyl (C=O) groups is 1. The molecule has 0 saturated carbocycles. The number of hydrogen-bond acceptors (Lipinski definition) is 4. The predicted molar refractivity (Wildman–Crippen MR) is 65.1 cm³/mol. The number of nitrogens with two attached hydrogens (primary N) is 1. The van der Waals surface area contributed by atoms with Crippen LogP contribution in [0.4, 0.5) is 5.69 Å². The summed E-state index contributed by atoms with van der Waals surface area (Å²) in [7, 11) is -2.11. The van der Waals surface area contributed by atoms with Crippen LogP contribution in [0.3, 0.4) is 0 Å². The number of sulfonamides is 1. The molecular formula is C10H15N3O3S. The summed E-state index contributed by atoms with van der Waals surface area (Å²) < 4.78 is 22.3. The van der Waals surface area contributed by atoms with Crippen LogP contribution < -0.4 is 15.8 Å². The van der Waals surface area contributed by atoms with Crippen LogP contribution in [0, 0.1) is 6.92 Å². The van der Waals surface area contributed by atoms with Crippen LogP contribution in [0.5, 0.6) is 0 Å². The van der Waals surface area contributed by atoms with Gasteiger partial charge in [0.05, 0.1) is 11.4 Å². The van der Waals surface area contributed by atoms with E-state index in [1.807, 2.05) is 0 Å². The molecule has 0 heterocycles. The Hall–Kier alpha value is -1.44. The van der Waals surface area contributed by atoms with Gasteiger partial charge in [-0.2, -0.15) is 0 Å². The van der Waals surface area contributed by atoms with E-state index < -0.39 is 10.0 Å². The number of hydrogen-bond donors (Lipinski definition) is 3. The molecule has 17 heavy (non-hydrogen) atoms. The third-order valence-corrected chi connectivity index (χ3v) is 3.06. The maximum atomic E-state index is 11.4. The Morgan fingerprint density at radius 3 is 2.59 bits per heavy atom. The van der Waals surface area contributed by atoms with E-state index >= 15 is 0 Å². The van der Waals surface area contributed by atoms with Gasteiger partial charge in [-0.15, -0.1) is 0 Å². The first-order valence-electron chi connectivity index (χ1n) is 4.92. The van der Waals surface area contributed by atoms with Crippen LogP contribution >= 0.6 is 0 Å². The Balaban J connectivity index is 3.03. The molecule has 0 unspecified atom stereocenters. The Labute approximate surface area is 100 Å². The first-order valence-corrected chi connectivity index (χ1v) is 6.47. The summed E-state index contributed by atoms with van der Waals surface area (Å²) in [6.07, 6.45) is 0. The number of rotatable bonds is 4. The van der Waals surface area contributed by atoms with Crippen molar-refractivity contribution in [1.29, 1.82) is 0 Å². The quantitative estimate of drug-likeness (QED) is 0.695. The number of benzene rings is 1. The van der Waals surface area contributed by atoms with Crippen molar-refractivity contribution >= 4 is 21.6 Å². The van der Waals surface area contributed by atoms with E-state index in [1.54, 1.807) is 20.0 Å². The molecule has 1 amide bonds. The highest BCUT2D eigenvalue weighted by Gasteiger charge is 2.11. The van der Waals surface area contributed by atoms with Gasteiger partial charge in [-0.25, -0.2) is 13.6 Å². The summed E-state index contributed by atoms with van der Waals surface area (Å²) in [4.78, 5) is 11.3. The number of anilines is 1. The molecule has 0 aliphatic heterocycles. The summed E-state index contributed by atoms with van der Waals surface area (Å²) in [5.74, 6) is -0.248. The van der Waals surface area contributed by atoms with E-state index in [0.29, 0.717) is 5.69 Å². The zero-order valence-corrected chi connectivity index (χ0v) is 10.5. The normalized spacial score (nSPS) is 11.2. The maximum absolute atomic E-state index is 11.4. The first-order chi connectivity index (χ1) is 7.84. The molecule has 0 aliphatic rings. The van der Waals surface area contributed by atoms with E-state index in [2.05, 4.69) is 10.6 Å². The molecule has 0 spiro atoms. The number of aryl methyl sites for hydroxylation is 1. The molecule has 0 radical (unpaired) electrons. The molecule has 0 aromatic heterocycles. The number of primary sulfonamides is 1. The Kier molecular flexibility index (Phi) is 4.22. The summed E-state index contributed by atoms with van der Waals surface area (Å²) in [5, 5.41) is 10.3. The maximum Gasteiger partial charge on any atom is 0.238 e. The van der Waals surface area contributed by atoms with E-state index in [-0.39, 0.29) is 17.3 Å². The van der Waals surface area contributed by atoms with Gasteiger partial charge >= 0.3 is 0 Å². The van der Waals surface area contributed by atoms with Gasteiger partial charge < -0.3 is 10.6 Å². The van der Waals surface area contributed by atoms with Gasteiger partial charge in [0.25, 0.3) is 0 Å². The van der Waals surface area contributed by atoms with E-state index in [9.17, 15) is 13.2 Å². The Morgan fingerprint density at radius 2 is 2.06 bits per heavy atom. The van der Waals surface area contributed by atoms with Crippen molar-refractivity contribution in [3.63, 3.8) is 0 Å². The molecule has 94 valence electrons. The minimum Gasteiger partial charge on any atom is -0.325 e. The lowest BCUT2D eigenvalue weighted by molar-refractivity contribution is -0.115. The number of carbonyl (C=O) groups excluding carboxylic acids is 1. The monoisotopic (exact) mass is 257 g/mol. The summed E-state index contributed by atoms with van der Waals surface area (Å²) in [6.45, 7) is 1.92. The summed E-state index contributed by atoms with van der Waals surface area (Å²) >= 11 is 0. The van der Waals surface area contributed by atoms with Crippen LogP contribution in [0.15, 0.2) is 23.1 Å². The van der Waals surface area contributed by atoms with Gasteiger partial charge in [-0.05, 0) is 31.7 Å². The van der Waals surface area contributed by atoms with E-state index in [4.69, 9.17) is 5.14 Å². The average molecular weight is 257 g/mol. The zero-order valence-electron chi connectivity index (χ0n) is 9.65. The molecule has 7 heteroatoms. The average Bonchev–Trinajstić information content (AvgIpc) is 2.20. The highest BCUT2D eigenvalue weighted by molar-refractivity contribution is 7.89. The first kappa shape index (κ1) is 13.6. The van der Waals surface area contributed by atoms with Crippen LogP contribution in [-0.2, 0) is 14.8 Å². The molecule has 0 saturated heterocycles. The third-order valence-electron chi connectivity index (χ3n) is 2.15. The molecule has 0 bridgehead atoms. The third kappa shape index (κ3) is 3.81. The van der Waals surface area contributed by atoms with Crippen molar-refractivity contribution in [3.8, 4) is 0 Å². The molecule has 1 aromatic carbocycles. The second kappa shape index (κ2) is 5.26. The fraction of sp³-hybridized carbons (Fsp3) is 0.300.